The summed E-state index contributed by atoms with van der Waals surface area (Å²) in [5, 5.41) is 3.09. The standard InChI is InChI=1S/C20H19ClF8N2/c1-11(7-20(27,28)29)9-31-17(16-3-2-14(21)10-30-16)13-4-12(5-15(22)6-13)8-19(25,26)18(23)24/h2-6,10-11,17-18,31H,7-9H2,1H3/t11?,17-/m0/s1. The SMILES string of the molecule is CC(CN[C@@H](c1cc(F)cc(CC(F)(F)C(F)F)c1)c1ccc(Cl)cn1)CC(F)(F)F. The summed E-state index contributed by atoms with van der Waals surface area (Å²) >= 11 is 5.79. The van der Waals surface area contributed by atoms with Crippen LogP contribution in [0.5, 0.6) is 0 Å². The van der Waals surface area contributed by atoms with Gasteiger partial charge in [-0.05, 0) is 47.9 Å². The first-order chi connectivity index (χ1) is 14.3. The Hall–Kier alpha value is -1.94. The van der Waals surface area contributed by atoms with E-state index in [1.165, 1.54) is 25.3 Å². The molecule has 11 heteroatoms. The van der Waals surface area contributed by atoms with E-state index in [2.05, 4.69) is 10.3 Å². The lowest BCUT2D eigenvalue weighted by atomic mass is 9.97. The molecule has 0 fully saturated rings. The minimum atomic E-state index is -4.39. The molecule has 1 unspecified atom stereocenters. The second-order valence-corrected chi connectivity index (χ2v) is 7.73. The van der Waals surface area contributed by atoms with Gasteiger partial charge in [-0.15, -0.1) is 0 Å². The molecule has 1 aromatic carbocycles. The molecule has 2 atom stereocenters. The molecule has 0 aliphatic rings. The highest BCUT2D eigenvalue weighted by molar-refractivity contribution is 6.30. The number of nitrogens with zero attached hydrogens (tertiary/aromatic N) is 1. The molecule has 0 bridgehead atoms. The Labute approximate surface area is 178 Å². The van der Waals surface area contributed by atoms with Gasteiger partial charge in [0.15, 0.2) is 0 Å². The number of nitrogens with one attached hydrogen (secondary N) is 1. The van der Waals surface area contributed by atoms with E-state index in [1.54, 1.807) is 0 Å². The van der Waals surface area contributed by atoms with Crippen LogP contribution in [0.3, 0.4) is 0 Å². The van der Waals surface area contributed by atoms with Crippen molar-refractivity contribution in [2.24, 2.45) is 5.92 Å². The Morgan fingerprint density at radius 3 is 2.29 bits per heavy atom. The fourth-order valence-corrected chi connectivity index (χ4v) is 3.14. The third kappa shape index (κ3) is 7.92. The van der Waals surface area contributed by atoms with Crippen LogP contribution in [0.4, 0.5) is 35.1 Å². The molecule has 1 aromatic heterocycles. The smallest absolute Gasteiger partial charge is 0.305 e. The highest BCUT2D eigenvalue weighted by Crippen LogP contribution is 2.31. The van der Waals surface area contributed by atoms with Crippen LogP contribution in [0.15, 0.2) is 36.5 Å². The molecule has 1 N–H and O–H groups in total. The molecule has 0 spiro atoms. The second kappa shape index (κ2) is 10.1. The molecule has 0 aliphatic carbocycles. The first-order valence-corrected chi connectivity index (χ1v) is 9.51. The van der Waals surface area contributed by atoms with Gasteiger partial charge in [0, 0.05) is 19.0 Å². The first kappa shape index (κ1) is 25.3. The van der Waals surface area contributed by atoms with Gasteiger partial charge < -0.3 is 5.32 Å². The van der Waals surface area contributed by atoms with Crippen LogP contribution in [0, 0.1) is 11.7 Å². The largest absolute Gasteiger partial charge is 0.389 e. The van der Waals surface area contributed by atoms with E-state index >= 15 is 0 Å². The number of alkyl halides is 7. The summed E-state index contributed by atoms with van der Waals surface area (Å²) in [6.45, 7) is 1.19. The van der Waals surface area contributed by atoms with Crippen LogP contribution in [0.25, 0.3) is 0 Å². The van der Waals surface area contributed by atoms with Crippen molar-refractivity contribution < 1.29 is 35.1 Å². The Morgan fingerprint density at radius 2 is 1.74 bits per heavy atom. The van der Waals surface area contributed by atoms with Crippen LogP contribution >= 0.6 is 11.6 Å². The molecule has 0 aliphatic heterocycles. The lowest BCUT2D eigenvalue weighted by Gasteiger charge is -2.23. The van der Waals surface area contributed by atoms with E-state index in [0.29, 0.717) is 6.07 Å². The van der Waals surface area contributed by atoms with Gasteiger partial charge in [-0.3, -0.25) is 4.98 Å². The van der Waals surface area contributed by atoms with Crippen molar-refractivity contribution in [2.75, 3.05) is 6.54 Å². The first-order valence-electron chi connectivity index (χ1n) is 9.14. The normalized spacial score (nSPS) is 14.7. The predicted molar refractivity (Wildman–Crippen MR) is 100.0 cm³/mol. The van der Waals surface area contributed by atoms with E-state index in [4.69, 9.17) is 11.6 Å². The van der Waals surface area contributed by atoms with Crippen molar-refractivity contribution in [1.82, 2.24) is 10.3 Å². The van der Waals surface area contributed by atoms with E-state index in [-0.39, 0.29) is 28.4 Å². The summed E-state index contributed by atoms with van der Waals surface area (Å²) in [6.07, 6.45) is -9.54. The van der Waals surface area contributed by atoms with Crippen molar-refractivity contribution in [3.05, 3.63) is 64.2 Å². The summed E-state index contributed by atoms with van der Waals surface area (Å²) in [6, 6.07) is 4.69. The number of benzene rings is 1. The van der Waals surface area contributed by atoms with E-state index < -0.39 is 49.1 Å². The van der Waals surface area contributed by atoms with Crippen LogP contribution in [0.2, 0.25) is 5.02 Å². The number of hydrogen-bond acceptors (Lipinski definition) is 2. The van der Waals surface area contributed by atoms with Crippen LogP contribution in [-0.2, 0) is 6.42 Å². The summed E-state index contributed by atoms with van der Waals surface area (Å²) < 4.78 is 104. The monoisotopic (exact) mass is 474 g/mol. The topological polar surface area (TPSA) is 24.9 Å². The minimum Gasteiger partial charge on any atom is -0.305 e. The van der Waals surface area contributed by atoms with Crippen LogP contribution < -0.4 is 5.32 Å². The molecule has 2 aromatic rings. The Morgan fingerprint density at radius 1 is 1.06 bits per heavy atom. The highest BCUT2D eigenvalue weighted by Gasteiger charge is 2.40. The van der Waals surface area contributed by atoms with E-state index in [1.807, 2.05) is 0 Å². The van der Waals surface area contributed by atoms with Gasteiger partial charge in [0.05, 0.1) is 16.8 Å². The molecule has 0 radical (unpaired) electrons. The summed E-state index contributed by atoms with van der Waals surface area (Å²) in [7, 11) is 0. The Bertz CT molecular complexity index is 855. The summed E-state index contributed by atoms with van der Waals surface area (Å²) in [5.41, 5.74) is -0.0979. The third-order valence-electron chi connectivity index (χ3n) is 4.37. The van der Waals surface area contributed by atoms with Gasteiger partial charge >= 0.3 is 18.5 Å². The predicted octanol–water partition coefficient (Wildman–Crippen LogP) is 6.58. The van der Waals surface area contributed by atoms with Gasteiger partial charge in [-0.2, -0.15) is 22.0 Å². The Kier molecular flexibility index (Phi) is 8.27. The molecular weight excluding hydrogens is 456 g/mol. The average Bonchev–Trinajstić information content (AvgIpc) is 2.61. The molecule has 2 nitrogen and oxygen atoms in total. The third-order valence-corrected chi connectivity index (χ3v) is 4.59. The molecule has 1 heterocycles. The van der Waals surface area contributed by atoms with Gasteiger partial charge in [0.1, 0.15) is 5.82 Å². The Balaban J connectivity index is 2.36. The molecule has 31 heavy (non-hydrogen) atoms. The van der Waals surface area contributed by atoms with Gasteiger partial charge in [-0.1, -0.05) is 24.6 Å². The zero-order valence-corrected chi connectivity index (χ0v) is 16.9. The summed E-state index contributed by atoms with van der Waals surface area (Å²) in [5.74, 6) is -6.18. The molecule has 0 saturated carbocycles. The maximum Gasteiger partial charge on any atom is 0.389 e. The maximum atomic E-state index is 14.1. The number of halogens is 9. The van der Waals surface area contributed by atoms with Crippen molar-refractivity contribution >= 4 is 11.6 Å². The van der Waals surface area contributed by atoms with Crippen LogP contribution in [0.1, 0.15) is 36.2 Å². The number of hydrogen-bond donors (Lipinski definition) is 1. The second-order valence-electron chi connectivity index (χ2n) is 7.30. The fraction of sp³-hybridized carbons (Fsp3) is 0.450. The van der Waals surface area contributed by atoms with Gasteiger partial charge in [-0.25, -0.2) is 13.2 Å². The average molecular weight is 475 g/mol. The minimum absolute atomic E-state index is 0.0501. The zero-order chi connectivity index (χ0) is 23.4. The zero-order valence-electron chi connectivity index (χ0n) is 16.2. The number of pyridine rings is 1. The lowest BCUT2D eigenvalue weighted by Crippen LogP contribution is -2.31. The molecule has 0 amide bonds. The van der Waals surface area contributed by atoms with Crippen molar-refractivity contribution in [3.63, 3.8) is 0 Å². The van der Waals surface area contributed by atoms with Crippen molar-refractivity contribution in [1.29, 1.82) is 0 Å². The molecular formula is C20H19ClF8N2. The molecule has 0 saturated heterocycles. The van der Waals surface area contributed by atoms with Gasteiger partial charge in [0.2, 0.25) is 0 Å². The number of rotatable bonds is 9. The van der Waals surface area contributed by atoms with Crippen LogP contribution in [-0.4, -0.2) is 30.1 Å². The van der Waals surface area contributed by atoms with E-state index in [0.717, 1.165) is 12.1 Å². The maximum absolute atomic E-state index is 14.1. The summed E-state index contributed by atoms with van der Waals surface area (Å²) in [4.78, 5) is 4.06. The highest BCUT2D eigenvalue weighted by atomic mass is 35.5. The lowest BCUT2D eigenvalue weighted by molar-refractivity contribution is -0.142. The molecule has 172 valence electrons. The number of aromatic nitrogens is 1. The van der Waals surface area contributed by atoms with Crippen molar-refractivity contribution in [3.8, 4) is 0 Å². The van der Waals surface area contributed by atoms with Gasteiger partial charge in [0.25, 0.3) is 0 Å². The fourth-order valence-electron chi connectivity index (χ4n) is 3.03. The quantitative estimate of drug-likeness (QED) is 0.415. The molecule has 2 rings (SSSR count). The van der Waals surface area contributed by atoms with E-state index in [9.17, 15) is 35.1 Å². The van der Waals surface area contributed by atoms with Crippen molar-refractivity contribution in [2.45, 2.75) is 44.3 Å².